The Hall–Kier alpha value is -2.77. The number of nitrogens with zero attached hydrogens (tertiary/aromatic N) is 5. The monoisotopic (exact) mass is 577 g/mol. The molecule has 2 aliphatic carbocycles. The largest absolute Gasteiger partial charge is 0.396 e. The van der Waals surface area contributed by atoms with E-state index in [2.05, 4.69) is 27.1 Å². The lowest BCUT2D eigenvalue weighted by Crippen LogP contribution is -2.50. The van der Waals surface area contributed by atoms with Gasteiger partial charge in [0.25, 0.3) is 5.91 Å². The minimum Gasteiger partial charge on any atom is -0.357 e. The van der Waals surface area contributed by atoms with Gasteiger partial charge in [0, 0.05) is 31.5 Å². The van der Waals surface area contributed by atoms with Crippen LogP contribution in [0.3, 0.4) is 0 Å². The number of halogens is 3. The van der Waals surface area contributed by atoms with E-state index >= 15 is 0 Å². The molecule has 0 aromatic carbocycles. The fraction of sp³-hybridized carbons (Fsp3) is 0.593. The predicted molar refractivity (Wildman–Crippen MR) is 145 cm³/mol. The van der Waals surface area contributed by atoms with E-state index in [-0.39, 0.29) is 30.9 Å². The molecule has 40 heavy (non-hydrogen) atoms. The molecular formula is C27H34F3N7O2S. The fourth-order valence-corrected chi connectivity index (χ4v) is 6.73. The summed E-state index contributed by atoms with van der Waals surface area (Å²) in [5.41, 5.74) is 2.66. The zero-order valence-electron chi connectivity index (χ0n) is 22.8. The molecule has 3 fully saturated rings. The third-order valence-corrected chi connectivity index (χ3v) is 9.49. The van der Waals surface area contributed by atoms with Crippen LogP contribution in [0.5, 0.6) is 0 Å². The summed E-state index contributed by atoms with van der Waals surface area (Å²) in [6, 6.07) is 3.51. The van der Waals surface area contributed by atoms with Crippen LogP contribution in [-0.2, 0) is 11.8 Å². The highest BCUT2D eigenvalue weighted by molar-refractivity contribution is 7.98. The van der Waals surface area contributed by atoms with Gasteiger partial charge in [-0.15, -0.1) is 0 Å². The maximum Gasteiger partial charge on any atom is 0.396 e. The number of ether oxygens (including phenoxy) is 1. The summed E-state index contributed by atoms with van der Waals surface area (Å²) in [7, 11) is 1.84. The lowest BCUT2D eigenvalue weighted by atomic mass is 9.73. The van der Waals surface area contributed by atoms with Crippen molar-refractivity contribution in [1.29, 1.82) is 0 Å². The van der Waals surface area contributed by atoms with E-state index in [0.717, 1.165) is 42.8 Å². The van der Waals surface area contributed by atoms with Crippen LogP contribution in [0.2, 0.25) is 0 Å². The van der Waals surface area contributed by atoms with Crippen LogP contribution < -0.4 is 20.1 Å². The summed E-state index contributed by atoms with van der Waals surface area (Å²) >= 11 is 1.23. The molecule has 2 atom stereocenters. The number of nitrogens with one attached hydrogen (secondary N) is 2. The van der Waals surface area contributed by atoms with Gasteiger partial charge in [-0.05, 0) is 81.5 Å². The van der Waals surface area contributed by atoms with Crippen molar-refractivity contribution in [1.82, 2.24) is 24.9 Å². The third-order valence-electron chi connectivity index (χ3n) is 8.58. The lowest BCUT2D eigenvalue weighted by Gasteiger charge is -2.47. The highest BCUT2D eigenvalue weighted by atomic mass is 32.2. The Morgan fingerprint density at radius 3 is 2.67 bits per heavy atom. The minimum absolute atomic E-state index is 0.00323. The number of hydrogen-bond donors (Lipinski definition) is 2. The Morgan fingerprint density at radius 2 is 2.05 bits per heavy atom. The van der Waals surface area contributed by atoms with E-state index in [0.29, 0.717) is 23.1 Å². The van der Waals surface area contributed by atoms with Gasteiger partial charge in [0.1, 0.15) is 17.9 Å². The van der Waals surface area contributed by atoms with E-state index in [4.69, 9.17) is 9.72 Å². The molecule has 0 radical (unpaired) electrons. The van der Waals surface area contributed by atoms with Crippen molar-refractivity contribution < 1.29 is 22.7 Å². The summed E-state index contributed by atoms with van der Waals surface area (Å²) < 4.78 is 50.2. The zero-order chi connectivity index (χ0) is 28.3. The number of amides is 1. The highest BCUT2D eigenvalue weighted by Gasteiger charge is 2.63. The van der Waals surface area contributed by atoms with Gasteiger partial charge in [-0.2, -0.15) is 23.7 Å². The predicted octanol–water partition coefficient (Wildman–Crippen LogP) is 4.85. The number of aromatic nitrogens is 3. The summed E-state index contributed by atoms with van der Waals surface area (Å²) in [5, 5.41) is 5.97. The molecule has 216 valence electrons. The maximum atomic E-state index is 13.5. The first kappa shape index (κ1) is 27.4. The van der Waals surface area contributed by atoms with E-state index < -0.39 is 17.8 Å². The molecule has 0 bridgehead atoms. The molecule has 2 N–H and O–H groups in total. The van der Waals surface area contributed by atoms with Gasteiger partial charge in [-0.3, -0.25) is 19.2 Å². The van der Waals surface area contributed by atoms with E-state index in [1.165, 1.54) is 11.9 Å². The first-order chi connectivity index (χ1) is 19.0. The first-order valence-corrected chi connectivity index (χ1v) is 14.5. The number of carbonyl (C=O) groups excluding carboxylic acids is 1. The van der Waals surface area contributed by atoms with Crippen molar-refractivity contribution in [3.05, 3.63) is 41.9 Å². The van der Waals surface area contributed by atoms with Crippen molar-refractivity contribution >= 4 is 29.5 Å². The molecule has 2 aromatic rings. The Kier molecular flexibility index (Phi) is 6.82. The molecule has 1 spiro atoms. The number of hydrogen-bond acceptors (Lipinski definition) is 8. The average Bonchev–Trinajstić information content (AvgIpc) is 3.22. The Morgan fingerprint density at radius 1 is 1.27 bits per heavy atom. The normalized spacial score (nSPS) is 24.6. The van der Waals surface area contributed by atoms with Crippen LogP contribution in [-0.4, -0.2) is 51.8 Å². The number of rotatable bonds is 8. The van der Waals surface area contributed by atoms with Gasteiger partial charge in [0.2, 0.25) is 0 Å². The van der Waals surface area contributed by atoms with Crippen LogP contribution in [0.4, 0.5) is 24.8 Å². The number of anilines is 2. The number of aryl methyl sites for hydroxylation is 2. The molecule has 4 aliphatic rings. The topological polar surface area (TPSA) is 87.5 Å². The molecule has 2 aliphatic heterocycles. The van der Waals surface area contributed by atoms with E-state index in [1.54, 1.807) is 34.1 Å². The van der Waals surface area contributed by atoms with Crippen LogP contribution in [0.25, 0.3) is 0 Å². The molecule has 2 unspecified atom stereocenters. The van der Waals surface area contributed by atoms with Crippen molar-refractivity contribution in [3.8, 4) is 0 Å². The Balaban J connectivity index is 1.21. The van der Waals surface area contributed by atoms with Crippen LogP contribution in [0.1, 0.15) is 61.5 Å². The number of carbonyl (C=O) groups is 1. The van der Waals surface area contributed by atoms with Crippen molar-refractivity contribution in [2.45, 2.75) is 75.2 Å². The minimum atomic E-state index is -4.26. The van der Waals surface area contributed by atoms with Gasteiger partial charge in [0.15, 0.2) is 0 Å². The second kappa shape index (κ2) is 9.95. The molecular weight excluding hydrogens is 543 g/mol. The van der Waals surface area contributed by atoms with Gasteiger partial charge >= 0.3 is 6.18 Å². The van der Waals surface area contributed by atoms with Gasteiger partial charge in [-0.1, -0.05) is 6.92 Å². The molecule has 1 saturated heterocycles. The standard InChI is InChI=1S/C27H34F3N7O2S/c1-17-13-26(8-4-9-26)36(14-17)23-19(24(38)34-40-20-15-35(3)32-18(20)2)5-6-21(31-23)37-12-7-22(33-37)39-16-25(10-11-25)27(28,29)30/h5-7,12,15,17,22,33H,4,8-11,13-14,16H2,1-3H3,(H,34,38). The third kappa shape index (κ3) is 4.96. The molecule has 6 rings (SSSR count). The molecule has 13 heteroatoms. The Labute approximate surface area is 235 Å². The highest BCUT2D eigenvalue weighted by Crippen LogP contribution is 2.57. The van der Waals surface area contributed by atoms with Crippen LogP contribution in [0.15, 0.2) is 35.5 Å². The quantitative estimate of drug-likeness (QED) is 0.431. The molecule has 1 amide bonds. The maximum absolute atomic E-state index is 13.5. The van der Waals surface area contributed by atoms with Crippen molar-refractivity contribution in [3.63, 3.8) is 0 Å². The Bertz CT molecular complexity index is 1320. The molecule has 9 nitrogen and oxygen atoms in total. The van der Waals surface area contributed by atoms with Crippen LogP contribution >= 0.6 is 11.9 Å². The number of pyridine rings is 1. The summed E-state index contributed by atoms with van der Waals surface area (Å²) in [6.07, 6.45) is 4.80. The van der Waals surface area contributed by atoms with Crippen molar-refractivity contribution in [2.75, 3.05) is 23.1 Å². The second-order valence-electron chi connectivity index (χ2n) is 11.7. The molecule has 2 aromatic heterocycles. The zero-order valence-corrected chi connectivity index (χ0v) is 23.6. The van der Waals surface area contributed by atoms with Crippen LogP contribution in [0, 0.1) is 18.3 Å². The summed E-state index contributed by atoms with van der Waals surface area (Å²) in [6.45, 7) is 4.54. The van der Waals surface area contributed by atoms with Gasteiger partial charge in [-0.25, -0.2) is 4.98 Å². The average molecular weight is 578 g/mol. The second-order valence-corrected chi connectivity index (χ2v) is 12.5. The SMILES string of the molecule is Cc1nn(C)cc1SNC(=O)c1ccc(N2C=CC(OCC3(C(F)(F)F)CC3)N2)nc1N1CC(C)CC12CCC2. The smallest absolute Gasteiger partial charge is 0.357 e. The van der Waals surface area contributed by atoms with E-state index in [1.807, 2.05) is 20.2 Å². The number of hydrazine groups is 1. The first-order valence-electron chi connectivity index (χ1n) is 13.7. The van der Waals surface area contributed by atoms with E-state index in [9.17, 15) is 18.0 Å². The van der Waals surface area contributed by atoms with Gasteiger partial charge in [0.05, 0.1) is 28.2 Å². The summed E-state index contributed by atoms with van der Waals surface area (Å²) in [5.74, 6) is 1.39. The summed E-state index contributed by atoms with van der Waals surface area (Å²) in [4.78, 5) is 21.6. The fourth-order valence-electron chi connectivity index (χ4n) is 6.02. The lowest BCUT2D eigenvalue weighted by molar-refractivity contribution is -0.204. The molecule has 4 heterocycles. The van der Waals surface area contributed by atoms with Crippen molar-refractivity contribution in [2.24, 2.45) is 18.4 Å². The van der Waals surface area contributed by atoms with Gasteiger partial charge < -0.3 is 9.64 Å². The molecule has 2 saturated carbocycles. The number of alkyl halides is 3.